The van der Waals surface area contributed by atoms with Crippen molar-refractivity contribution >= 4 is 28.4 Å². The standard InChI is InChI=1S/C17H20ClN3O2/c1-9(22)20-13-2-10-6-17(23,7-11(10)3-13)15-4-12(18)5-16-14(15)8-19-21-16/h4-5,8,10-11,13,23H,2-3,6-7H2,1H3,(H,19,21)(H,20,22)/t10-,11+,13+,17+. The van der Waals surface area contributed by atoms with E-state index in [2.05, 4.69) is 15.5 Å². The van der Waals surface area contributed by atoms with Crippen molar-refractivity contribution in [1.82, 2.24) is 15.5 Å². The minimum Gasteiger partial charge on any atom is -0.385 e. The van der Waals surface area contributed by atoms with Gasteiger partial charge >= 0.3 is 0 Å². The second kappa shape index (κ2) is 5.21. The first-order chi connectivity index (χ1) is 10.9. The van der Waals surface area contributed by atoms with Crippen molar-refractivity contribution in [3.8, 4) is 0 Å². The summed E-state index contributed by atoms with van der Waals surface area (Å²) in [4.78, 5) is 11.2. The Morgan fingerprint density at radius 2 is 2.09 bits per heavy atom. The Bertz CT molecular complexity index is 758. The number of H-pyrrole nitrogens is 1. The lowest BCUT2D eigenvalue weighted by Crippen LogP contribution is -2.32. The molecule has 1 heterocycles. The number of aliphatic hydroxyl groups is 1. The third-order valence-corrected chi connectivity index (χ3v) is 5.69. The summed E-state index contributed by atoms with van der Waals surface area (Å²) in [6.45, 7) is 1.56. The fraction of sp³-hybridized carbons (Fsp3) is 0.529. The smallest absolute Gasteiger partial charge is 0.217 e. The van der Waals surface area contributed by atoms with Crippen molar-refractivity contribution in [3.05, 3.63) is 28.9 Å². The van der Waals surface area contributed by atoms with Crippen LogP contribution in [0.2, 0.25) is 5.02 Å². The third-order valence-electron chi connectivity index (χ3n) is 5.47. The van der Waals surface area contributed by atoms with Crippen LogP contribution in [-0.2, 0) is 10.4 Å². The molecule has 0 bridgehead atoms. The number of benzene rings is 1. The molecule has 1 aromatic carbocycles. The summed E-state index contributed by atoms with van der Waals surface area (Å²) in [7, 11) is 0. The van der Waals surface area contributed by atoms with Crippen molar-refractivity contribution in [2.75, 3.05) is 0 Å². The van der Waals surface area contributed by atoms with E-state index >= 15 is 0 Å². The van der Waals surface area contributed by atoms with Gasteiger partial charge in [0.25, 0.3) is 0 Å². The molecule has 122 valence electrons. The number of hydrogen-bond donors (Lipinski definition) is 3. The molecule has 6 heteroatoms. The number of halogens is 1. The van der Waals surface area contributed by atoms with Crippen LogP contribution in [0, 0.1) is 11.8 Å². The first-order valence-electron chi connectivity index (χ1n) is 8.07. The highest BCUT2D eigenvalue weighted by molar-refractivity contribution is 6.31. The fourth-order valence-corrected chi connectivity index (χ4v) is 4.91. The SMILES string of the molecule is CC(=O)N[C@H]1C[C@@H]2C[C@@](O)(c3cc(Cl)cc4[nH]ncc34)C[C@@H]2C1. The van der Waals surface area contributed by atoms with E-state index in [4.69, 9.17) is 11.6 Å². The van der Waals surface area contributed by atoms with E-state index in [1.807, 2.05) is 12.1 Å². The highest BCUT2D eigenvalue weighted by Gasteiger charge is 2.50. The van der Waals surface area contributed by atoms with E-state index in [0.717, 1.165) is 29.3 Å². The molecule has 2 aromatic rings. The Morgan fingerprint density at radius 1 is 1.39 bits per heavy atom. The number of nitrogens with zero attached hydrogens (tertiary/aromatic N) is 1. The van der Waals surface area contributed by atoms with E-state index in [9.17, 15) is 9.90 Å². The number of amides is 1. The molecule has 3 N–H and O–H groups in total. The van der Waals surface area contributed by atoms with Crippen molar-refractivity contribution in [2.45, 2.75) is 44.2 Å². The Balaban J connectivity index is 1.62. The van der Waals surface area contributed by atoms with Gasteiger partial charge in [0, 0.05) is 23.4 Å². The molecule has 5 nitrogen and oxygen atoms in total. The lowest BCUT2D eigenvalue weighted by Gasteiger charge is -2.26. The Labute approximate surface area is 139 Å². The molecule has 23 heavy (non-hydrogen) atoms. The Hall–Kier alpha value is -1.59. The summed E-state index contributed by atoms with van der Waals surface area (Å²) in [5.74, 6) is 0.913. The van der Waals surface area contributed by atoms with Crippen LogP contribution in [0.15, 0.2) is 18.3 Å². The molecule has 0 saturated heterocycles. The number of carbonyl (C=O) groups is 1. The molecular formula is C17H20ClN3O2. The zero-order valence-electron chi connectivity index (χ0n) is 13.0. The zero-order chi connectivity index (χ0) is 16.2. The molecule has 2 saturated carbocycles. The summed E-state index contributed by atoms with van der Waals surface area (Å²) in [5.41, 5.74) is 0.872. The van der Waals surface area contributed by atoms with Gasteiger partial charge in [-0.2, -0.15) is 5.10 Å². The molecule has 4 rings (SSSR count). The number of aromatic nitrogens is 2. The van der Waals surface area contributed by atoms with E-state index < -0.39 is 5.60 Å². The largest absolute Gasteiger partial charge is 0.385 e. The summed E-state index contributed by atoms with van der Waals surface area (Å²) in [6, 6.07) is 3.95. The van der Waals surface area contributed by atoms with Crippen LogP contribution in [0.4, 0.5) is 0 Å². The van der Waals surface area contributed by atoms with E-state index in [0.29, 0.717) is 29.7 Å². The van der Waals surface area contributed by atoms with Crippen molar-refractivity contribution in [3.63, 3.8) is 0 Å². The molecule has 0 unspecified atom stereocenters. The van der Waals surface area contributed by atoms with E-state index in [1.165, 1.54) is 0 Å². The summed E-state index contributed by atoms with van der Waals surface area (Å²) in [5, 5.41) is 22.9. The van der Waals surface area contributed by atoms with Gasteiger partial charge in [0.05, 0.1) is 17.3 Å². The van der Waals surface area contributed by atoms with E-state index in [1.54, 1.807) is 13.1 Å². The Morgan fingerprint density at radius 3 is 2.74 bits per heavy atom. The number of aromatic amines is 1. The monoisotopic (exact) mass is 333 g/mol. The van der Waals surface area contributed by atoms with Gasteiger partial charge in [-0.15, -0.1) is 0 Å². The first-order valence-corrected chi connectivity index (χ1v) is 8.45. The molecule has 4 atom stereocenters. The minimum atomic E-state index is -0.858. The normalized spacial score (nSPS) is 33.1. The van der Waals surface area contributed by atoms with Crippen LogP contribution in [0.25, 0.3) is 10.9 Å². The molecule has 0 radical (unpaired) electrons. The van der Waals surface area contributed by atoms with Crippen LogP contribution < -0.4 is 5.32 Å². The lowest BCUT2D eigenvalue weighted by molar-refractivity contribution is -0.119. The molecule has 1 amide bonds. The molecule has 1 aromatic heterocycles. The number of carbonyl (C=O) groups excluding carboxylic acids is 1. The zero-order valence-corrected chi connectivity index (χ0v) is 13.7. The van der Waals surface area contributed by atoms with E-state index in [-0.39, 0.29) is 11.9 Å². The molecule has 0 spiro atoms. The summed E-state index contributed by atoms with van der Waals surface area (Å²) in [6.07, 6.45) is 5.08. The highest BCUT2D eigenvalue weighted by Crippen LogP contribution is 2.54. The number of fused-ring (bicyclic) bond motifs is 2. The lowest BCUT2D eigenvalue weighted by atomic mass is 9.87. The van der Waals surface area contributed by atoms with Crippen LogP contribution in [0.3, 0.4) is 0 Å². The fourth-order valence-electron chi connectivity index (χ4n) is 4.69. The number of nitrogens with one attached hydrogen (secondary N) is 2. The van der Waals surface area contributed by atoms with Gasteiger partial charge in [-0.3, -0.25) is 9.89 Å². The maximum absolute atomic E-state index is 11.3. The first kappa shape index (κ1) is 15.0. The maximum atomic E-state index is 11.3. The minimum absolute atomic E-state index is 0.0279. The van der Waals surface area contributed by atoms with Gasteiger partial charge in [0.15, 0.2) is 0 Å². The molecular weight excluding hydrogens is 314 g/mol. The van der Waals surface area contributed by atoms with Crippen molar-refractivity contribution in [1.29, 1.82) is 0 Å². The van der Waals surface area contributed by atoms with Crippen LogP contribution in [-0.4, -0.2) is 27.3 Å². The molecule has 2 aliphatic carbocycles. The van der Waals surface area contributed by atoms with Crippen molar-refractivity contribution < 1.29 is 9.90 Å². The predicted octanol–water partition coefficient (Wildman–Crippen LogP) is 2.73. The van der Waals surface area contributed by atoms with Gasteiger partial charge in [-0.1, -0.05) is 11.6 Å². The molecule has 2 fully saturated rings. The predicted molar refractivity (Wildman–Crippen MR) is 88.1 cm³/mol. The second-order valence-corrected chi connectivity index (χ2v) is 7.55. The topological polar surface area (TPSA) is 78.0 Å². The van der Waals surface area contributed by atoms with Gasteiger partial charge < -0.3 is 10.4 Å². The van der Waals surface area contributed by atoms with Gasteiger partial charge in [0.1, 0.15) is 0 Å². The van der Waals surface area contributed by atoms with Gasteiger partial charge in [-0.25, -0.2) is 0 Å². The number of rotatable bonds is 2. The van der Waals surface area contributed by atoms with Crippen LogP contribution >= 0.6 is 11.6 Å². The highest BCUT2D eigenvalue weighted by atomic mass is 35.5. The number of hydrogen-bond acceptors (Lipinski definition) is 3. The molecule has 2 aliphatic rings. The average molecular weight is 334 g/mol. The molecule has 0 aliphatic heterocycles. The van der Waals surface area contributed by atoms with Crippen LogP contribution in [0.1, 0.15) is 38.2 Å². The third kappa shape index (κ3) is 2.52. The van der Waals surface area contributed by atoms with Crippen molar-refractivity contribution in [2.24, 2.45) is 11.8 Å². The Kier molecular flexibility index (Phi) is 3.39. The summed E-state index contributed by atoms with van der Waals surface area (Å²) < 4.78 is 0. The van der Waals surface area contributed by atoms with Gasteiger partial charge in [0.2, 0.25) is 5.91 Å². The van der Waals surface area contributed by atoms with Crippen LogP contribution in [0.5, 0.6) is 0 Å². The quantitative estimate of drug-likeness (QED) is 0.790. The second-order valence-electron chi connectivity index (χ2n) is 7.11. The van der Waals surface area contributed by atoms with Gasteiger partial charge in [-0.05, 0) is 55.2 Å². The maximum Gasteiger partial charge on any atom is 0.217 e. The average Bonchev–Trinajstić information content (AvgIpc) is 3.10. The summed E-state index contributed by atoms with van der Waals surface area (Å²) >= 11 is 6.22.